The molecule has 8 heteroatoms. The van der Waals surface area contributed by atoms with Crippen LogP contribution in [0.25, 0.3) is 0 Å². The summed E-state index contributed by atoms with van der Waals surface area (Å²) in [6.45, 7) is 7.20. The van der Waals surface area contributed by atoms with Crippen LogP contribution in [0.2, 0.25) is 0 Å². The van der Waals surface area contributed by atoms with Gasteiger partial charge in [-0.25, -0.2) is 9.97 Å². The molecule has 2 aliphatic rings. The Bertz CT molecular complexity index is 679. The van der Waals surface area contributed by atoms with E-state index in [1.54, 1.807) is 7.11 Å². The van der Waals surface area contributed by atoms with Crippen molar-refractivity contribution in [1.82, 2.24) is 15.3 Å². The molecule has 1 saturated heterocycles. The number of hydrogen-bond donors (Lipinski definition) is 2. The number of carbonyl (C=O) groups excluding carboxylic acids is 1. The van der Waals surface area contributed by atoms with E-state index in [2.05, 4.69) is 27.5 Å². The number of aromatic nitrogens is 2. The maximum absolute atomic E-state index is 12.0. The normalized spacial score (nSPS) is 28.1. The van der Waals surface area contributed by atoms with Crippen molar-refractivity contribution in [3.05, 3.63) is 18.0 Å². The SMILES string of the molecule is CC[C@H](C)C(=O)O[C@H]1CO[C@@H](c2cnc(NC3CCC(N[C@H](C)COC)CC3)nc2)C1. The molecule has 1 saturated carbocycles. The number of anilines is 1. The van der Waals surface area contributed by atoms with Gasteiger partial charge in [0.05, 0.1) is 25.2 Å². The summed E-state index contributed by atoms with van der Waals surface area (Å²) in [6, 6.07) is 1.33. The highest BCUT2D eigenvalue weighted by Crippen LogP contribution is 2.30. The molecule has 0 spiro atoms. The third-order valence-corrected chi connectivity index (χ3v) is 6.30. The first-order valence-electron chi connectivity index (χ1n) is 11.6. The first-order valence-corrected chi connectivity index (χ1v) is 11.6. The van der Waals surface area contributed by atoms with Gasteiger partial charge in [-0.3, -0.25) is 4.79 Å². The van der Waals surface area contributed by atoms with Crippen molar-refractivity contribution in [2.24, 2.45) is 5.92 Å². The molecule has 2 fully saturated rings. The minimum atomic E-state index is -0.195. The molecule has 8 nitrogen and oxygen atoms in total. The van der Waals surface area contributed by atoms with Gasteiger partial charge in [0.2, 0.25) is 5.95 Å². The fraction of sp³-hybridized carbons (Fsp3) is 0.783. The fourth-order valence-corrected chi connectivity index (χ4v) is 4.23. The zero-order chi connectivity index (χ0) is 22.2. The molecule has 2 heterocycles. The largest absolute Gasteiger partial charge is 0.460 e. The molecule has 1 aliphatic heterocycles. The topological polar surface area (TPSA) is 94.6 Å². The molecule has 1 aromatic heterocycles. The van der Waals surface area contributed by atoms with Gasteiger partial charge in [-0.15, -0.1) is 0 Å². The third kappa shape index (κ3) is 7.12. The van der Waals surface area contributed by atoms with Crippen LogP contribution in [0.15, 0.2) is 12.4 Å². The molecule has 4 atom stereocenters. The number of nitrogens with zero attached hydrogens (tertiary/aromatic N) is 2. The smallest absolute Gasteiger partial charge is 0.308 e. The molecule has 0 bridgehead atoms. The Kier molecular flexibility index (Phi) is 9.04. The Morgan fingerprint density at radius 3 is 2.52 bits per heavy atom. The first kappa shape index (κ1) is 23.9. The van der Waals surface area contributed by atoms with Crippen molar-refractivity contribution < 1.29 is 19.0 Å². The van der Waals surface area contributed by atoms with E-state index >= 15 is 0 Å². The van der Waals surface area contributed by atoms with Crippen molar-refractivity contribution in [2.45, 2.75) is 89.6 Å². The molecule has 0 unspecified atom stereocenters. The van der Waals surface area contributed by atoms with E-state index in [9.17, 15) is 4.79 Å². The van der Waals surface area contributed by atoms with Crippen LogP contribution in [0.1, 0.15) is 71.0 Å². The van der Waals surface area contributed by atoms with Gasteiger partial charge in [0, 0.05) is 49.6 Å². The molecule has 0 aromatic carbocycles. The van der Waals surface area contributed by atoms with Gasteiger partial charge >= 0.3 is 5.97 Å². The fourth-order valence-electron chi connectivity index (χ4n) is 4.23. The average Bonchev–Trinajstić information content (AvgIpc) is 3.23. The van der Waals surface area contributed by atoms with E-state index in [1.807, 2.05) is 26.2 Å². The van der Waals surface area contributed by atoms with E-state index in [0.717, 1.165) is 44.3 Å². The number of hydrogen-bond acceptors (Lipinski definition) is 8. The summed E-state index contributed by atoms with van der Waals surface area (Å²) in [6.07, 6.45) is 9.21. The lowest BCUT2D eigenvalue weighted by molar-refractivity contribution is -0.153. The monoisotopic (exact) mass is 434 g/mol. The van der Waals surface area contributed by atoms with Gasteiger partial charge in [-0.2, -0.15) is 0 Å². The second-order valence-corrected chi connectivity index (χ2v) is 8.98. The van der Waals surface area contributed by atoms with Gasteiger partial charge in [-0.05, 0) is 39.0 Å². The number of methoxy groups -OCH3 is 1. The van der Waals surface area contributed by atoms with Crippen molar-refractivity contribution in [1.29, 1.82) is 0 Å². The average molecular weight is 435 g/mol. The van der Waals surface area contributed by atoms with Crippen LogP contribution >= 0.6 is 0 Å². The van der Waals surface area contributed by atoms with Crippen molar-refractivity contribution >= 4 is 11.9 Å². The molecular weight excluding hydrogens is 396 g/mol. The van der Waals surface area contributed by atoms with Crippen molar-refractivity contribution in [2.75, 3.05) is 25.6 Å². The minimum absolute atomic E-state index is 0.0765. The number of carbonyl (C=O) groups is 1. The quantitative estimate of drug-likeness (QED) is 0.542. The van der Waals surface area contributed by atoms with E-state index in [4.69, 9.17) is 14.2 Å². The summed E-state index contributed by atoms with van der Waals surface area (Å²) in [5.74, 6) is 0.434. The molecule has 0 radical (unpaired) electrons. The van der Waals surface area contributed by atoms with Crippen molar-refractivity contribution in [3.63, 3.8) is 0 Å². The Balaban J connectivity index is 1.41. The second kappa shape index (κ2) is 11.7. The van der Waals surface area contributed by atoms with E-state index < -0.39 is 0 Å². The van der Waals surface area contributed by atoms with Crippen LogP contribution in [0.3, 0.4) is 0 Å². The number of rotatable bonds is 10. The lowest BCUT2D eigenvalue weighted by Gasteiger charge is -2.31. The van der Waals surface area contributed by atoms with Gasteiger partial charge < -0.3 is 24.8 Å². The van der Waals surface area contributed by atoms with E-state index in [1.165, 1.54) is 0 Å². The highest BCUT2D eigenvalue weighted by Gasteiger charge is 2.31. The van der Waals surface area contributed by atoms with Crippen LogP contribution in [0, 0.1) is 5.92 Å². The second-order valence-electron chi connectivity index (χ2n) is 8.98. The van der Waals surface area contributed by atoms with Gasteiger partial charge in [0.15, 0.2) is 0 Å². The highest BCUT2D eigenvalue weighted by atomic mass is 16.6. The zero-order valence-electron chi connectivity index (χ0n) is 19.3. The number of esters is 1. The molecule has 3 rings (SSSR count). The Morgan fingerprint density at radius 2 is 1.87 bits per heavy atom. The standard InChI is InChI=1S/C23H38N4O4/c1-5-15(2)22(28)31-20-10-21(30-14-20)17-11-24-23(25-12-17)27-19-8-6-18(7-9-19)26-16(3)13-29-4/h11-12,15-16,18-21,26H,5-10,13-14H2,1-4H3,(H,24,25,27)/t15-,16+,18?,19?,20+,21+/m0/s1. The summed E-state index contributed by atoms with van der Waals surface area (Å²) in [4.78, 5) is 21.0. The lowest BCUT2D eigenvalue weighted by atomic mass is 9.91. The molecule has 1 aliphatic carbocycles. The first-order chi connectivity index (χ1) is 15.0. The number of nitrogens with one attached hydrogen (secondary N) is 2. The predicted molar refractivity (Wildman–Crippen MR) is 119 cm³/mol. The number of ether oxygens (including phenoxy) is 3. The van der Waals surface area contributed by atoms with Crippen LogP contribution in [-0.2, 0) is 19.0 Å². The summed E-state index contributed by atoms with van der Waals surface area (Å²) < 4.78 is 16.6. The van der Waals surface area contributed by atoms with Crippen LogP contribution in [0.5, 0.6) is 0 Å². The lowest BCUT2D eigenvalue weighted by Crippen LogP contribution is -2.43. The molecule has 1 aromatic rings. The molecular formula is C23H38N4O4. The van der Waals surface area contributed by atoms with Gasteiger partial charge in [-0.1, -0.05) is 13.8 Å². The van der Waals surface area contributed by atoms with Crippen LogP contribution in [0.4, 0.5) is 5.95 Å². The van der Waals surface area contributed by atoms with E-state index in [-0.39, 0.29) is 24.1 Å². The Labute approximate surface area is 185 Å². The summed E-state index contributed by atoms with van der Waals surface area (Å²) in [5.41, 5.74) is 0.924. The molecule has 31 heavy (non-hydrogen) atoms. The highest BCUT2D eigenvalue weighted by molar-refractivity contribution is 5.72. The summed E-state index contributed by atoms with van der Waals surface area (Å²) in [5, 5.41) is 7.10. The van der Waals surface area contributed by atoms with Crippen LogP contribution in [-0.4, -0.2) is 60.5 Å². The molecule has 174 valence electrons. The van der Waals surface area contributed by atoms with E-state index in [0.29, 0.717) is 37.1 Å². The molecule has 0 amide bonds. The van der Waals surface area contributed by atoms with Crippen LogP contribution < -0.4 is 10.6 Å². The molecule has 2 N–H and O–H groups in total. The maximum Gasteiger partial charge on any atom is 0.308 e. The van der Waals surface area contributed by atoms with Gasteiger partial charge in [0.25, 0.3) is 0 Å². The maximum atomic E-state index is 12.0. The van der Waals surface area contributed by atoms with Crippen molar-refractivity contribution in [3.8, 4) is 0 Å². The Hall–Kier alpha value is -1.77. The minimum Gasteiger partial charge on any atom is -0.460 e. The predicted octanol–water partition coefficient (Wildman–Crippen LogP) is 3.24. The zero-order valence-corrected chi connectivity index (χ0v) is 19.3. The summed E-state index contributed by atoms with van der Waals surface area (Å²) >= 11 is 0. The Morgan fingerprint density at radius 1 is 1.19 bits per heavy atom. The summed E-state index contributed by atoms with van der Waals surface area (Å²) in [7, 11) is 1.74. The third-order valence-electron chi connectivity index (χ3n) is 6.30. The van der Waals surface area contributed by atoms with Gasteiger partial charge in [0.1, 0.15) is 6.10 Å².